The van der Waals surface area contributed by atoms with Crippen LogP contribution in [0.1, 0.15) is 18.1 Å². The zero-order valence-electron chi connectivity index (χ0n) is 7.49. The molecule has 66 valence electrons. The Morgan fingerprint density at radius 2 is 2.38 bits per heavy atom. The fourth-order valence-corrected chi connectivity index (χ4v) is 1.45. The monoisotopic (exact) mass is 174 g/mol. The lowest BCUT2D eigenvalue weighted by Crippen LogP contribution is -2.47. The van der Waals surface area contributed by atoms with Gasteiger partial charge in [0.1, 0.15) is 0 Å². The Morgan fingerprint density at radius 3 is 3.15 bits per heavy atom. The molecule has 0 atom stereocenters. The molecule has 0 saturated carbocycles. The number of fused-ring (bicyclic) bond motifs is 1. The first kappa shape index (κ1) is 8.32. The zero-order chi connectivity index (χ0) is 9.26. The van der Waals surface area contributed by atoms with Crippen molar-refractivity contribution in [3.8, 4) is 0 Å². The summed E-state index contributed by atoms with van der Waals surface area (Å²) in [6.45, 7) is 2.10. The third kappa shape index (κ3) is 1.45. The minimum atomic E-state index is -0.661. The van der Waals surface area contributed by atoms with Gasteiger partial charge in [0.25, 0.3) is 0 Å². The number of aryl methyl sites for hydroxylation is 1. The molecule has 1 aromatic carbocycles. The highest BCUT2D eigenvalue weighted by Crippen LogP contribution is 2.03. The summed E-state index contributed by atoms with van der Waals surface area (Å²) in [5.74, 6) is 0. The lowest BCUT2D eigenvalue weighted by molar-refractivity contribution is 0.565. The van der Waals surface area contributed by atoms with E-state index in [4.69, 9.17) is 0 Å². The van der Waals surface area contributed by atoms with Gasteiger partial charge in [0.2, 0.25) is 0 Å². The van der Waals surface area contributed by atoms with Crippen LogP contribution in [0.3, 0.4) is 0 Å². The van der Waals surface area contributed by atoms with Gasteiger partial charge in [0, 0.05) is 0 Å². The maximum absolute atomic E-state index is 9.56. The molecule has 0 aromatic heterocycles. The molecule has 0 aliphatic carbocycles. The Kier molecular flexibility index (Phi) is 2.06. The first-order chi connectivity index (χ1) is 6.31. The fourth-order valence-electron chi connectivity index (χ4n) is 1.45. The third-order valence-electron chi connectivity index (χ3n) is 2.25. The smallest absolute Gasteiger partial charge is 0.428 e. The molecule has 1 aliphatic heterocycles. The summed E-state index contributed by atoms with van der Waals surface area (Å²) in [6, 6.07) is 6.06. The zero-order valence-corrected chi connectivity index (χ0v) is 7.49. The van der Waals surface area contributed by atoms with E-state index in [1.807, 2.05) is 12.1 Å². The quantitative estimate of drug-likeness (QED) is 0.582. The second-order valence-corrected chi connectivity index (χ2v) is 3.11. The van der Waals surface area contributed by atoms with Gasteiger partial charge in [-0.25, -0.2) is 0 Å². The summed E-state index contributed by atoms with van der Waals surface area (Å²) in [4.78, 5) is 0. The molecule has 0 bridgehead atoms. The van der Waals surface area contributed by atoms with Crippen molar-refractivity contribution in [2.75, 3.05) is 0 Å². The molecule has 1 aliphatic rings. The molecule has 2 N–H and O–H groups in total. The van der Waals surface area contributed by atoms with Crippen molar-refractivity contribution in [1.82, 2.24) is 5.34 Å². The van der Waals surface area contributed by atoms with E-state index >= 15 is 0 Å². The topological polar surface area (TPSA) is 44.6 Å². The van der Waals surface area contributed by atoms with Crippen molar-refractivity contribution in [1.29, 1.82) is 0 Å². The molecular formula is C9H11BN2O. The van der Waals surface area contributed by atoms with E-state index in [9.17, 15) is 5.02 Å². The van der Waals surface area contributed by atoms with E-state index in [2.05, 4.69) is 23.4 Å². The average molecular weight is 174 g/mol. The number of hydrazone groups is 1. The Labute approximate surface area is 77.6 Å². The molecule has 13 heavy (non-hydrogen) atoms. The van der Waals surface area contributed by atoms with Crippen molar-refractivity contribution in [2.24, 2.45) is 5.10 Å². The van der Waals surface area contributed by atoms with Crippen LogP contribution < -0.4 is 10.8 Å². The third-order valence-corrected chi connectivity index (χ3v) is 2.25. The fraction of sp³-hybridized carbons (Fsp3) is 0.222. The number of hydrogen-bond acceptors (Lipinski definition) is 3. The van der Waals surface area contributed by atoms with Crippen molar-refractivity contribution in [2.45, 2.75) is 13.3 Å². The van der Waals surface area contributed by atoms with Gasteiger partial charge in [-0.2, -0.15) is 5.10 Å². The summed E-state index contributed by atoms with van der Waals surface area (Å²) in [7, 11) is -0.661. The molecule has 2 rings (SSSR count). The van der Waals surface area contributed by atoms with Crippen LogP contribution in [0.25, 0.3) is 0 Å². The summed E-state index contributed by atoms with van der Waals surface area (Å²) in [5.41, 5.74) is 3.13. The molecular weight excluding hydrogens is 163 g/mol. The van der Waals surface area contributed by atoms with Crippen LogP contribution in [-0.2, 0) is 6.42 Å². The Morgan fingerprint density at radius 1 is 1.54 bits per heavy atom. The minimum absolute atomic E-state index is 0.661. The van der Waals surface area contributed by atoms with Gasteiger partial charge >= 0.3 is 7.05 Å². The summed E-state index contributed by atoms with van der Waals surface area (Å²) in [5, 5.41) is 16.0. The number of nitrogens with zero attached hydrogens (tertiary/aromatic N) is 1. The summed E-state index contributed by atoms with van der Waals surface area (Å²) < 4.78 is 0. The van der Waals surface area contributed by atoms with Crippen molar-refractivity contribution >= 4 is 18.7 Å². The lowest BCUT2D eigenvalue weighted by atomic mass is 9.71. The van der Waals surface area contributed by atoms with Crippen molar-refractivity contribution in [3.05, 3.63) is 29.3 Å². The van der Waals surface area contributed by atoms with Crippen LogP contribution in [0.4, 0.5) is 0 Å². The van der Waals surface area contributed by atoms with Crippen LogP contribution in [0.5, 0.6) is 0 Å². The van der Waals surface area contributed by atoms with E-state index < -0.39 is 7.05 Å². The largest absolute Gasteiger partial charge is 0.464 e. The molecule has 0 amide bonds. The average Bonchev–Trinajstić information content (AvgIpc) is 2.18. The van der Waals surface area contributed by atoms with E-state index in [-0.39, 0.29) is 0 Å². The first-order valence-corrected chi connectivity index (χ1v) is 4.40. The second kappa shape index (κ2) is 3.22. The van der Waals surface area contributed by atoms with E-state index in [0.29, 0.717) is 0 Å². The second-order valence-electron chi connectivity index (χ2n) is 3.11. The normalized spacial score (nSPS) is 13.8. The van der Waals surface area contributed by atoms with Crippen LogP contribution in [0, 0.1) is 0 Å². The number of rotatable bonds is 1. The van der Waals surface area contributed by atoms with Crippen LogP contribution in [0.15, 0.2) is 23.3 Å². The van der Waals surface area contributed by atoms with Gasteiger partial charge in [-0.3, -0.25) is 0 Å². The van der Waals surface area contributed by atoms with E-state index in [1.54, 1.807) is 6.21 Å². The SMILES string of the molecule is CCc1ccc2c(c1)B(O)NN=C2. The molecule has 0 radical (unpaired) electrons. The minimum Gasteiger partial charge on any atom is -0.428 e. The van der Waals surface area contributed by atoms with Crippen LogP contribution in [-0.4, -0.2) is 18.3 Å². The molecule has 0 unspecified atom stereocenters. The van der Waals surface area contributed by atoms with Gasteiger partial charge in [0.15, 0.2) is 0 Å². The van der Waals surface area contributed by atoms with Crippen LogP contribution >= 0.6 is 0 Å². The first-order valence-electron chi connectivity index (χ1n) is 4.40. The molecule has 0 fully saturated rings. The predicted octanol–water partition coefficient (Wildman–Crippen LogP) is -0.126. The lowest BCUT2D eigenvalue weighted by Gasteiger charge is -2.14. The molecule has 4 heteroatoms. The highest BCUT2D eigenvalue weighted by molar-refractivity contribution is 6.65. The van der Waals surface area contributed by atoms with Gasteiger partial charge in [-0.05, 0) is 23.0 Å². The number of hydrogen-bond donors (Lipinski definition) is 2. The maximum atomic E-state index is 9.56. The van der Waals surface area contributed by atoms with Crippen molar-refractivity contribution < 1.29 is 5.02 Å². The summed E-state index contributed by atoms with van der Waals surface area (Å²) >= 11 is 0. The maximum Gasteiger partial charge on any atom is 0.464 e. The van der Waals surface area contributed by atoms with Crippen molar-refractivity contribution in [3.63, 3.8) is 0 Å². The Balaban J connectivity index is 2.48. The number of nitrogens with one attached hydrogen (secondary N) is 1. The molecule has 3 nitrogen and oxygen atoms in total. The highest BCUT2D eigenvalue weighted by Gasteiger charge is 2.20. The Hall–Kier alpha value is -1.29. The van der Waals surface area contributed by atoms with E-state index in [0.717, 1.165) is 17.4 Å². The van der Waals surface area contributed by atoms with Gasteiger partial charge < -0.3 is 10.4 Å². The molecule has 1 heterocycles. The summed E-state index contributed by atoms with van der Waals surface area (Å²) in [6.07, 6.45) is 2.71. The molecule has 1 aromatic rings. The molecule has 0 spiro atoms. The highest BCUT2D eigenvalue weighted by atomic mass is 16.2. The van der Waals surface area contributed by atoms with Gasteiger partial charge in [-0.1, -0.05) is 25.1 Å². The van der Waals surface area contributed by atoms with E-state index in [1.165, 1.54) is 5.56 Å². The van der Waals surface area contributed by atoms with Gasteiger partial charge in [-0.15, -0.1) is 0 Å². The predicted molar refractivity (Wildman–Crippen MR) is 54.2 cm³/mol. The standard InChI is InChI=1S/C9H11BN2O/c1-2-7-3-4-8-6-11-12-10(13)9(8)5-7/h3-6,12-13H,2H2,1H3. The van der Waals surface area contributed by atoms with Crippen LogP contribution in [0.2, 0.25) is 0 Å². The van der Waals surface area contributed by atoms with Gasteiger partial charge in [0.05, 0.1) is 6.21 Å². The number of benzene rings is 1. The Bertz CT molecular complexity index is 351. The molecule has 0 saturated heterocycles.